The third-order valence-corrected chi connectivity index (χ3v) is 4.65. The first-order valence-corrected chi connectivity index (χ1v) is 6.73. The standard InChI is InChI=1S/C10H18N4O2S/c11-7(5-8(12)15)9(16)14-3-1-10(6-14)13-2-4-17-10/h7,13H,1-6,11H2,(H2,12,15)/t7-,10?/m0/s1. The van der Waals surface area contributed by atoms with E-state index in [1.165, 1.54) is 0 Å². The first-order chi connectivity index (χ1) is 8.02. The van der Waals surface area contributed by atoms with Crippen LogP contribution in [0.3, 0.4) is 0 Å². The Bertz CT molecular complexity index is 330. The van der Waals surface area contributed by atoms with Crippen LogP contribution in [0, 0.1) is 0 Å². The molecule has 2 atom stereocenters. The minimum atomic E-state index is -0.797. The summed E-state index contributed by atoms with van der Waals surface area (Å²) in [6.45, 7) is 2.36. The maximum absolute atomic E-state index is 12.0. The summed E-state index contributed by atoms with van der Waals surface area (Å²) >= 11 is 1.86. The number of hydrogen-bond acceptors (Lipinski definition) is 5. The fourth-order valence-corrected chi connectivity index (χ4v) is 3.63. The summed E-state index contributed by atoms with van der Waals surface area (Å²) in [6, 6.07) is -0.797. The van der Waals surface area contributed by atoms with Crippen molar-refractivity contribution in [2.45, 2.75) is 23.8 Å². The molecule has 2 aliphatic heterocycles. The van der Waals surface area contributed by atoms with Crippen LogP contribution in [-0.4, -0.2) is 53.0 Å². The van der Waals surface area contributed by atoms with Gasteiger partial charge in [-0.3, -0.25) is 9.59 Å². The smallest absolute Gasteiger partial charge is 0.240 e. The topological polar surface area (TPSA) is 101 Å². The number of carbonyl (C=O) groups is 2. The van der Waals surface area contributed by atoms with E-state index in [2.05, 4.69) is 5.32 Å². The van der Waals surface area contributed by atoms with Crippen molar-refractivity contribution in [3.8, 4) is 0 Å². The van der Waals surface area contributed by atoms with Gasteiger partial charge in [0.1, 0.15) is 0 Å². The lowest BCUT2D eigenvalue weighted by molar-refractivity contribution is -0.133. The van der Waals surface area contributed by atoms with Gasteiger partial charge >= 0.3 is 0 Å². The lowest BCUT2D eigenvalue weighted by Crippen LogP contribution is -2.47. The van der Waals surface area contributed by atoms with Gasteiger partial charge in [0.25, 0.3) is 0 Å². The van der Waals surface area contributed by atoms with Crippen molar-refractivity contribution in [3.63, 3.8) is 0 Å². The van der Waals surface area contributed by atoms with Crippen LogP contribution in [0.4, 0.5) is 0 Å². The molecule has 2 aliphatic rings. The first-order valence-electron chi connectivity index (χ1n) is 5.74. The molecular weight excluding hydrogens is 240 g/mol. The summed E-state index contributed by atoms with van der Waals surface area (Å²) in [6.07, 6.45) is 0.857. The van der Waals surface area contributed by atoms with Crippen LogP contribution in [0.25, 0.3) is 0 Å². The Kier molecular flexibility index (Phi) is 3.60. The van der Waals surface area contributed by atoms with Crippen molar-refractivity contribution in [2.75, 3.05) is 25.4 Å². The molecule has 0 aliphatic carbocycles. The zero-order chi connectivity index (χ0) is 12.5. The molecule has 1 unspecified atom stereocenters. The number of carbonyl (C=O) groups excluding carboxylic acids is 2. The predicted octanol–water partition coefficient (Wildman–Crippen LogP) is -1.55. The molecule has 0 aromatic heterocycles. The van der Waals surface area contributed by atoms with Gasteiger partial charge in [-0.05, 0) is 6.42 Å². The Balaban J connectivity index is 1.91. The molecule has 2 amide bonds. The number of likely N-dealkylation sites (tertiary alicyclic amines) is 1. The molecule has 5 N–H and O–H groups in total. The summed E-state index contributed by atoms with van der Waals surface area (Å²) in [7, 11) is 0. The Labute approximate surface area is 104 Å². The van der Waals surface area contributed by atoms with Gasteiger partial charge < -0.3 is 21.7 Å². The Hall–Kier alpha value is -0.790. The third-order valence-electron chi connectivity index (χ3n) is 3.21. The van der Waals surface area contributed by atoms with Crippen molar-refractivity contribution < 1.29 is 9.59 Å². The quantitative estimate of drug-likeness (QED) is 0.569. The molecule has 1 spiro atoms. The highest BCUT2D eigenvalue weighted by Crippen LogP contribution is 2.36. The van der Waals surface area contributed by atoms with Crippen molar-refractivity contribution in [1.82, 2.24) is 10.2 Å². The number of rotatable bonds is 3. The highest BCUT2D eigenvalue weighted by atomic mass is 32.2. The summed E-state index contributed by atoms with van der Waals surface area (Å²) in [5.74, 6) is 0.373. The summed E-state index contributed by atoms with van der Waals surface area (Å²) in [5.41, 5.74) is 10.7. The van der Waals surface area contributed by atoms with Crippen LogP contribution in [0.5, 0.6) is 0 Å². The molecule has 96 valence electrons. The molecular formula is C10H18N4O2S. The number of nitrogens with two attached hydrogens (primary N) is 2. The molecule has 0 aromatic carbocycles. The normalized spacial score (nSPS) is 29.8. The van der Waals surface area contributed by atoms with E-state index in [4.69, 9.17) is 11.5 Å². The number of nitrogens with zero attached hydrogens (tertiary/aromatic N) is 1. The predicted molar refractivity (Wildman–Crippen MR) is 66.2 cm³/mol. The number of amides is 2. The molecule has 17 heavy (non-hydrogen) atoms. The summed E-state index contributed by atoms with van der Waals surface area (Å²) < 4.78 is 0. The van der Waals surface area contributed by atoms with Crippen LogP contribution in [-0.2, 0) is 9.59 Å². The lowest BCUT2D eigenvalue weighted by atomic mass is 10.2. The van der Waals surface area contributed by atoms with Crippen LogP contribution >= 0.6 is 11.8 Å². The number of primary amides is 1. The summed E-state index contributed by atoms with van der Waals surface area (Å²) in [5, 5.41) is 3.43. The van der Waals surface area contributed by atoms with Crippen molar-refractivity contribution in [2.24, 2.45) is 11.5 Å². The number of thioether (sulfide) groups is 1. The van der Waals surface area contributed by atoms with E-state index in [0.717, 1.165) is 18.7 Å². The third kappa shape index (κ3) is 2.72. The van der Waals surface area contributed by atoms with E-state index in [1.54, 1.807) is 4.90 Å². The van der Waals surface area contributed by atoms with E-state index in [9.17, 15) is 9.59 Å². The average molecular weight is 258 g/mol. The second-order valence-electron chi connectivity index (χ2n) is 4.56. The van der Waals surface area contributed by atoms with Gasteiger partial charge in [0.05, 0.1) is 17.3 Å². The zero-order valence-corrected chi connectivity index (χ0v) is 10.5. The van der Waals surface area contributed by atoms with Gasteiger partial charge in [0.2, 0.25) is 11.8 Å². The van der Waals surface area contributed by atoms with Gasteiger partial charge in [-0.2, -0.15) is 0 Å². The highest BCUT2D eigenvalue weighted by molar-refractivity contribution is 8.00. The SMILES string of the molecule is NC(=O)C[C@H](N)C(=O)N1CCC2(C1)NCCS2. The van der Waals surface area contributed by atoms with E-state index in [-0.39, 0.29) is 17.2 Å². The zero-order valence-electron chi connectivity index (χ0n) is 9.65. The molecule has 0 saturated carbocycles. The van der Waals surface area contributed by atoms with Crippen molar-refractivity contribution in [3.05, 3.63) is 0 Å². The highest BCUT2D eigenvalue weighted by Gasteiger charge is 2.43. The number of hydrogen-bond donors (Lipinski definition) is 3. The lowest BCUT2D eigenvalue weighted by Gasteiger charge is -2.24. The van der Waals surface area contributed by atoms with Gasteiger partial charge in [0, 0.05) is 25.4 Å². The monoisotopic (exact) mass is 258 g/mol. The molecule has 0 bridgehead atoms. The van der Waals surface area contributed by atoms with Crippen LogP contribution in [0.15, 0.2) is 0 Å². The van der Waals surface area contributed by atoms with E-state index in [0.29, 0.717) is 13.1 Å². The molecule has 2 fully saturated rings. The summed E-state index contributed by atoms with van der Waals surface area (Å²) in [4.78, 5) is 24.5. The second kappa shape index (κ2) is 4.83. The fraction of sp³-hybridized carbons (Fsp3) is 0.800. The van der Waals surface area contributed by atoms with Gasteiger partial charge in [0.15, 0.2) is 0 Å². The van der Waals surface area contributed by atoms with E-state index >= 15 is 0 Å². The second-order valence-corrected chi connectivity index (χ2v) is 6.03. The van der Waals surface area contributed by atoms with Crippen LogP contribution in [0.1, 0.15) is 12.8 Å². The van der Waals surface area contributed by atoms with E-state index in [1.807, 2.05) is 11.8 Å². The largest absolute Gasteiger partial charge is 0.370 e. The minimum absolute atomic E-state index is 0.0160. The molecule has 0 radical (unpaired) electrons. The first kappa shape index (κ1) is 12.7. The van der Waals surface area contributed by atoms with Gasteiger partial charge in [-0.1, -0.05) is 0 Å². The minimum Gasteiger partial charge on any atom is -0.370 e. The molecule has 2 heterocycles. The van der Waals surface area contributed by atoms with Crippen molar-refractivity contribution in [1.29, 1.82) is 0 Å². The average Bonchev–Trinajstić information content (AvgIpc) is 2.88. The Morgan fingerprint density at radius 1 is 1.53 bits per heavy atom. The van der Waals surface area contributed by atoms with Crippen LogP contribution < -0.4 is 16.8 Å². The maximum Gasteiger partial charge on any atom is 0.240 e. The maximum atomic E-state index is 12.0. The van der Waals surface area contributed by atoms with E-state index < -0.39 is 11.9 Å². The fourth-order valence-electron chi connectivity index (χ4n) is 2.35. The number of nitrogens with one attached hydrogen (secondary N) is 1. The van der Waals surface area contributed by atoms with Gasteiger partial charge in [-0.25, -0.2) is 0 Å². The molecule has 7 heteroatoms. The van der Waals surface area contributed by atoms with Crippen molar-refractivity contribution >= 4 is 23.6 Å². The molecule has 2 rings (SSSR count). The Morgan fingerprint density at radius 3 is 2.88 bits per heavy atom. The molecule has 0 aromatic rings. The molecule has 2 saturated heterocycles. The van der Waals surface area contributed by atoms with Gasteiger partial charge in [-0.15, -0.1) is 11.8 Å². The van der Waals surface area contributed by atoms with Crippen LogP contribution in [0.2, 0.25) is 0 Å². The molecule has 6 nitrogen and oxygen atoms in total. The Morgan fingerprint density at radius 2 is 2.29 bits per heavy atom.